The Morgan fingerprint density at radius 3 is 2.94 bits per heavy atom. The first-order chi connectivity index (χ1) is 8.17. The van der Waals surface area contributed by atoms with Gasteiger partial charge in [0, 0.05) is 18.0 Å². The zero-order valence-electron chi connectivity index (χ0n) is 10.4. The Bertz CT molecular complexity index is 352. The van der Waals surface area contributed by atoms with Crippen molar-refractivity contribution in [2.45, 2.75) is 32.9 Å². The molecule has 0 aliphatic carbocycles. The van der Waals surface area contributed by atoms with Gasteiger partial charge in [0.2, 0.25) is 5.91 Å². The fourth-order valence-corrected chi connectivity index (χ4v) is 2.33. The summed E-state index contributed by atoms with van der Waals surface area (Å²) in [5.41, 5.74) is 6.74. The molecule has 0 aliphatic heterocycles. The van der Waals surface area contributed by atoms with Crippen LogP contribution in [0.2, 0.25) is 0 Å². The van der Waals surface area contributed by atoms with Crippen molar-refractivity contribution < 1.29 is 9.53 Å². The third-order valence-corrected chi connectivity index (χ3v) is 3.52. The van der Waals surface area contributed by atoms with E-state index in [1.807, 2.05) is 19.2 Å². The smallest absolute Gasteiger partial charge is 0.222 e. The Morgan fingerprint density at radius 2 is 2.41 bits per heavy atom. The van der Waals surface area contributed by atoms with Gasteiger partial charge in [-0.3, -0.25) is 4.79 Å². The molecule has 1 heterocycles. The Balaban J connectivity index is 2.32. The van der Waals surface area contributed by atoms with Crippen LogP contribution in [0, 0.1) is 6.92 Å². The van der Waals surface area contributed by atoms with E-state index >= 15 is 0 Å². The normalized spacial score (nSPS) is 12.4. The topological polar surface area (TPSA) is 64.3 Å². The Labute approximate surface area is 106 Å². The van der Waals surface area contributed by atoms with Crippen molar-refractivity contribution >= 4 is 17.2 Å². The molecule has 1 atom stereocenters. The molecule has 1 aromatic heterocycles. The molecule has 0 radical (unpaired) electrons. The molecule has 3 N–H and O–H groups in total. The van der Waals surface area contributed by atoms with Crippen LogP contribution in [0.25, 0.3) is 0 Å². The van der Waals surface area contributed by atoms with Gasteiger partial charge in [-0.15, -0.1) is 11.3 Å². The van der Waals surface area contributed by atoms with Gasteiger partial charge in [-0.05, 0) is 30.9 Å². The van der Waals surface area contributed by atoms with Gasteiger partial charge >= 0.3 is 0 Å². The lowest BCUT2D eigenvalue weighted by Gasteiger charge is -2.14. The number of rotatable bonds is 7. The zero-order valence-corrected chi connectivity index (χ0v) is 11.2. The fraction of sp³-hybridized carbons (Fsp3) is 0.583. The maximum Gasteiger partial charge on any atom is 0.222 e. The van der Waals surface area contributed by atoms with Crippen molar-refractivity contribution in [2.75, 3.05) is 13.2 Å². The van der Waals surface area contributed by atoms with Crippen LogP contribution in [0.4, 0.5) is 0 Å². The second-order valence-corrected chi connectivity index (χ2v) is 4.82. The molecule has 1 amide bonds. The SMILES string of the molecule is CCOC(CN)CC(=O)NCc1sccc1C. The third kappa shape index (κ3) is 4.85. The van der Waals surface area contributed by atoms with Crippen molar-refractivity contribution in [3.63, 3.8) is 0 Å². The monoisotopic (exact) mass is 256 g/mol. The van der Waals surface area contributed by atoms with Crippen molar-refractivity contribution in [1.29, 1.82) is 0 Å². The first-order valence-corrected chi connectivity index (χ1v) is 6.66. The number of thiophene rings is 1. The molecule has 1 rings (SSSR count). The minimum atomic E-state index is -0.176. The molecule has 0 bridgehead atoms. The summed E-state index contributed by atoms with van der Waals surface area (Å²) in [6.07, 6.45) is 0.152. The molecule has 17 heavy (non-hydrogen) atoms. The Kier molecular flexibility index (Phi) is 6.18. The number of nitrogens with two attached hydrogens (primary N) is 1. The number of aryl methyl sites for hydroxylation is 1. The van der Waals surface area contributed by atoms with Crippen molar-refractivity contribution in [3.8, 4) is 0 Å². The predicted octanol–water partition coefficient (Wildman–Crippen LogP) is 1.43. The largest absolute Gasteiger partial charge is 0.377 e. The Morgan fingerprint density at radius 1 is 1.65 bits per heavy atom. The van der Waals surface area contributed by atoms with Gasteiger partial charge in [0.25, 0.3) is 0 Å². The molecule has 4 nitrogen and oxygen atoms in total. The number of ether oxygens (including phenoxy) is 1. The lowest BCUT2D eigenvalue weighted by Crippen LogP contribution is -2.32. The molecular weight excluding hydrogens is 236 g/mol. The first-order valence-electron chi connectivity index (χ1n) is 5.78. The summed E-state index contributed by atoms with van der Waals surface area (Å²) in [4.78, 5) is 12.8. The lowest BCUT2D eigenvalue weighted by atomic mass is 10.2. The number of nitrogens with one attached hydrogen (secondary N) is 1. The van der Waals surface area contributed by atoms with Gasteiger partial charge in [-0.25, -0.2) is 0 Å². The Hall–Kier alpha value is -0.910. The molecule has 0 saturated heterocycles. The van der Waals surface area contributed by atoms with Gasteiger partial charge in [-0.2, -0.15) is 0 Å². The van der Waals surface area contributed by atoms with E-state index in [1.165, 1.54) is 10.4 Å². The molecule has 96 valence electrons. The van der Waals surface area contributed by atoms with E-state index in [4.69, 9.17) is 10.5 Å². The lowest BCUT2D eigenvalue weighted by molar-refractivity contribution is -0.123. The highest BCUT2D eigenvalue weighted by Gasteiger charge is 2.12. The van der Waals surface area contributed by atoms with Crippen LogP contribution in [-0.4, -0.2) is 25.2 Å². The highest BCUT2D eigenvalue weighted by molar-refractivity contribution is 7.10. The van der Waals surface area contributed by atoms with E-state index in [2.05, 4.69) is 11.4 Å². The van der Waals surface area contributed by atoms with Crippen LogP contribution in [0.3, 0.4) is 0 Å². The quantitative estimate of drug-likeness (QED) is 0.775. The van der Waals surface area contributed by atoms with Crippen LogP contribution in [0.1, 0.15) is 23.8 Å². The van der Waals surface area contributed by atoms with E-state index in [0.717, 1.165) is 0 Å². The van der Waals surface area contributed by atoms with Crippen molar-refractivity contribution in [2.24, 2.45) is 5.73 Å². The number of hydrogen-bond acceptors (Lipinski definition) is 4. The maximum atomic E-state index is 11.7. The van der Waals surface area contributed by atoms with Crippen molar-refractivity contribution in [1.82, 2.24) is 5.32 Å². The van der Waals surface area contributed by atoms with Gasteiger partial charge in [0.15, 0.2) is 0 Å². The molecule has 0 spiro atoms. The van der Waals surface area contributed by atoms with Crippen molar-refractivity contribution in [3.05, 3.63) is 21.9 Å². The molecule has 5 heteroatoms. The minimum Gasteiger partial charge on any atom is -0.377 e. The number of carbonyl (C=O) groups is 1. The molecule has 1 unspecified atom stereocenters. The van der Waals surface area contributed by atoms with Gasteiger partial charge < -0.3 is 15.8 Å². The summed E-state index contributed by atoms with van der Waals surface area (Å²) in [6, 6.07) is 2.05. The van der Waals surface area contributed by atoms with E-state index in [1.54, 1.807) is 11.3 Å². The molecular formula is C12H20N2O2S. The van der Waals surface area contributed by atoms with Crippen LogP contribution >= 0.6 is 11.3 Å². The average molecular weight is 256 g/mol. The van der Waals surface area contributed by atoms with Gasteiger partial charge in [-0.1, -0.05) is 0 Å². The van der Waals surface area contributed by atoms with E-state index in [0.29, 0.717) is 26.1 Å². The second-order valence-electron chi connectivity index (χ2n) is 3.82. The third-order valence-electron chi connectivity index (χ3n) is 2.49. The van der Waals surface area contributed by atoms with Gasteiger partial charge in [0.05, 0.1) is 19.1 Å². The number of hydrogen-bond donors (Lipinski definition) is 2. The summed E-state index contributed by atoms with van der Waals surface area (Å²) >= 11 is 1.66. The fourth-order valence-electron chi connectivity index (χ4n) is 1.49. The summed E-state index contributed by atoms with van der Waals surface area (Å²) < 4.78 is 5.34. The van der Waals surface area contributed by atoms with E-state index in [-0.39, 0.29) is 12.0 Å². The van der Waals surface area contributed by atoms with E-state index in [9.17, 15) is 4.79 Å². The summed E-state index contributed by atoms with van der Waals surface area (Å²) in [6.45, 7) is 5.49. The molecule has 0 saturated carbocycles. The average Bonchev–Trinajstić information content (AvgIpc) is 2.71. The zero-order chi connectivity index (χ0) is 12.7. The van der Waals surface area contributed by atoms with Gasteiger partial charge in [0.1, 0.15) is 0 Å². The van der Waals surface area contributed by atoms with Crippen LogP contribution in [0.15, 0.2) is 11.4 Å². The maximum absolute atomic E-state index is 11.7. The molecule has 0 aromatic carbocycles. The van der Waals surface area contributed by atoms with Crippen LogP contribution in [-0.2, 0) is 16.1 Å². The minimum absolute atomic E-state index is 0.0123. The standard InChI is InChI=1S/C12H20N2O2S/c1-3-16-10(7-13)6-12(15)14-8-11-9(2)4-5-17-11/h4-5,10H,3,6-8,13H2,1-2H3,(H,14,15). The summed E-state index contributed by atoms with van der Waals surface area (Å²) in [7, 11) is 0. The van der Waals surface area contributed by atoms with Crippen LogP contribution in [0.5, 0.6) is 0 Å². The summed E-state index contributed by atoms with van der Waals surface area (Å²) in [5.74, 6) is -0.0123. The first kappa shape index (κ1) is 14.2. The number of carbonyl (C=O) groups excluding carboxylic acids is 1. The molecule has 0 aliphatic rings. The molecule has 0 fully saturated rings. The number of amides is 1. The summed E-state index contributed by atoms with van der Waals surface area (Å²) in [5, 5.41) is 4.91. The highest BCUT2D eigenvalue weighted by atomic mass is 32.1. The molecule has 1 aromatic rings. The van der Waals surface area contributed by atoms with Crippen LogP contribution < -0.4 is 11.1 Å². The highest BCUT2D eigenvalue weighted by Crippen LogP contribution is 2.14. The second kappa shape index (κ2) is 7.42. The predicted molar refractivity (Wildman–Crippen MR) is 70.0 cm³/mol. The van der Waals surface area contributed by atoms with E-state index < -0.39 is 0 Å².